The Morgan fingerprint density at radius 3 is 2.71 bits per heavy atom. The van der Waals surface area contributed by atoms with Crippen LogP contribution in [0.3, 0.4) is 0 Å². The molecule has 1 aromatic heterocycles. The van der Waals surface area contributed by atoms with Gasteiger partial charge in [0.1, 0.15) is 0 Å². The molecule has 3 nitrogen and oxygen atoms in total. The lowest BCUT2D eigenvalue weighted by molar-refractivity contribution is 0.243. The summed E-state index contributed by atoms with van der Waals surface area (Å²) < 4.78 is 0. The molecule has 0 radical (unpaired) electrons. The summed E-state index contributed by atoms with van der Waals surface area (Å²) >= 11 is 1.65. The van der Waals surface area contributed by atoms with Crippen molar-refractivity contribution < 1.29 is 5.11 Å². The number of aryl methyl sites for hydroxylation is 1. The molecule has 2 rings (SSSR count). The van der Waals surface area contributed by atoms with Gasteiger partial charge in [-0.3, -0.25) is 0 Å². The quantitative estimate of drug-likeness (QED) is 0.853. The minimum Gasteiger partial charge on any atom is -0.394 e. The molecule has 0 amide bonds. The van der Waals surface area contributed by atoms with E-state index in [1.165, 1.54) is 0 Å². The van der Waals surface area contributed by atoms with Crippen molar-refractivity contribution in [1.29, 1.82) is 0 Å². The van der Waals surface area contributed by atoms with E-state index >= 15 is 0 Å². The van der Waals surface area contributed by atoms with Crippen molar-refractivity contribution in [2.24, 2.45) is 0 Å². The van der Waals surface area contributed by atoms with Crippen molar-refractivity contribution in [3.05, 3.63) is 52.0 Å². The van der Waals surface area contributed by atoms with E-state index in [2.05, 4.69) is 10.3 Å². The largest absolute Gasteiger partial charge is 0.394 e. The zero-order chi connectivity index (χ0) is 12.1. The van der Waals surface area contributed by atoms with Gasteiger partial charge in [-0.05, 0) is 12.5 Å². The van der Waals surface area contributed by atoms with Crippen LogP contribution in [-0.2, 0) is 6.54 Å². The summed E-state index contributed by atoms with van der Waals surface area (Å²) in [6.07, 6.45) is 0. The number of aromatic nitrogens is 1. The second-order valence-electron chi connectivity index (χ2n) is 3.88. The molecule has 0 saturated carbocycles. The van der Waals surface area contributed by atoms with Crippen molar-refractivity contribution in [2.75, 3.05) is 6.61 Å². The molecule has 1 unspecified atom stereocenters. The van der Waals surface area contributed by atoms with Crippen molar-refractivity contribution in [3.63, 3.8) is 0 Å². The molecular weight excluding hydrogens is 232 g/mol. The lowest BCUT2D eigenvalue weighted by Crippen LogP contribution is -2.24. The van der Waals surface area contributed by atoms with E-state index in [-0.39, 0.29) is 12.6 Å². The number of hydrogen-bond donors (Lipinski definition) is 2. The molecule has 0 fully saturated rings. The van der Waals surface area contributed by atoms with Crippen LogP contribution < -0.4 is 5.32 Å². The molecule has 0 saturated heterocycles. The minimum absolute atomic E-state index is 0.0294. The van der Waals surface area contributed by atoms with E-state index in [4.69, 9.17) is 0 Å². The molecule has 2 N–H and O–H groups in total. The standard InChI is InChI=1S/C13H16N2OS/c1-10-15-12(9-17-10)7-14-13(8-16)11-5-3-2-4-6-11/h2-6,9,13-14,16H,7-8H2,1H3. The number of nitrogens with zero attached hydrogens (tertiary/aromatic N) is 1. The first-order chi connectivity index (χ1) is 8.29. The molecule has 1 atom stereocenters. The minimum atomic E-state index is -0.0294. The number of hydrogen-bond acceptors (Lipinski definition) is 4. The van der Waals surface area contributed by atoms with Gasteiger partial charge < -0.3 is 10.4 Å². The topological polar surface area (TPSA) is 45.2 Å². The van der Waals surface area contributed by atoms with Crippen LogP contribution in [0.15, 0.2) is 35.7 Å². The maximum absolute atomic E-state index is 9.38. The SMILES string of the molecule is Cc1nc(CNC(CO)c2ccccc2)cs1. The van der Waals surface area contributed by atoms with Crippen LogP contribution in [-0.4, -0.2) is 16.7 Å². The Morgan fingerprint density at radius 2 is 2.12 bits per heavy atom. The first-order valence-electron chi connectivity index (χ1n) is 5.60. The van der Waals surface area contributed by atoms with Gasteiger partial charge in [-0.25, -0.2) is 4.98 Å². The Labute approximate surface area is 105 Å². The van der Waals surface area contributed by atoms with E-state index in [1.807, 2.05) is 42.6 Å². The van der Waals surface area contributed by atoms with Crippen LogP contribution in [0.4, 0.5) is 0 Å². The lowest BCUT2D eigenvalue weighted by Gasteiger charge is -2.15. The van der Waals surface area contributed by atoms with Gasteiger partial charge in [0.2, 0.25) is 0 Å². The monoisotopic (exact) mass is 248 g/mol. The molecule has 0 aliphatic rings. The van der Waals surface area contributed by atoms with Gasteiger partial charge in [0.05, 0.1) is 23.4 Å². The van der Waals surface area contributed by atoms with Crippen LogP contribution in [0.1, 0.15) is 22.3 Å². The molecule has 17 heavy (non-hydrogen) atoms. The average molecular weight is 248 g/mol. The zero-order valence-electron chi connectivity index (χ0n) is 9.76. The van der Waals surface area contributed by atoms with Gasteiger partial charge in [-0.2, -0.15) is 0 Å². The fraction of sp³-hybridized carbons (Fsp3) is 0.308. The number of nitrogens with one attached hydrogen (secondary N) is 1. The van der Waals surface area contributed by atoms with E-state index in [0.717, 1.165) is 16.3 Å². The Hall–Kier alpha value is -1.23. The van der Waals surface area contributed by atoms with Gasteiger partial charge in [0, 0.05) is 11.9 Å². The summed E-state index contributed by atoms with van der Waals surface area (Å²) in [6, 6.07) is 9.93. The summed E-state index contributed by atoms with van der Waals surface area (Å²) in [7, 11) is 0. The predicted octanol–water partition coefficient (Wildman–Crippen LogP) is 2.27. The number of aliphatic hydroxyl groups is 1. The smallest absolute Gasteiger partial charge is 0.0897 e. The summed E-state index contributed by atoms with van der Waals surface area (Å²) in [5, 5.41) is 15.8. The van der Waals surface area contributed by atoms with Crippen LogP contribution in [0.5, 0.6) is 0 Å². The zero-order valence-corrected chi connectivity index (χ0v) is 10.6. The molecule has 2 aromatic rings. The number of rotatable bonds is 5. The summed E-state index contributed by atoms with van der Waals surface area (Å²) in [4.78, 5) is 4.38. The van der Waals surface area contributed by atoms with Gasteiger partial charge >= 0.3 is 0 Å². The maximum atomic E-state index is 9.38. The third-order valence-corrected chi connectivity index (χ3v) is 3.40. The summed E-state index contributed by atoms with van der Waals surface area (Å²) in [6.45, 7) is 2.77. The highest BCUT2D eigenvalue weighted by Gasteiger charge is 2.09. The Bertz CT molecular complexity index is 455. The highest BCUT2D eigenvalue weighted by Crippen LogP contribution is 2.13. The molecule has 4 heteroatoms. The number of aliphatic hydroxyl groups excluding tert-OH is 1. The highest BCUT2D eigenvalue weighted by molar-refractivity contribution is 7.09. The molecule has 0 bridgehead atoms. The van der Waals surface area contributed by atoms with Crippen LogP contribution in [0.25, 0.3) is 0 Å². The molecular formula is C13H16N2OS. The van der Waals surface area contributed by atoms with Gasteiger partial charge in [0.25, 0.3) is 0 Å². The van der Waals surface area contributed by atoms with Crippen molar-refractivity contribution in [2.45, 2.75) is 19.5 Å². The Balaban J connectivity index is 1.97. The van der Waals surface area contributed by atoms with Crippen molar-refractivity contribution in [1.82, 2.24) is 10.3 Å². The second-order valence-corrected chi connectivity index (χ2v) is 4.95. The highest BCUT2D eigenvalue weighted by atomic mass is 32.1. The third kappa shape index (κ3) is 3.36. The fourth-order valence-corrected chi connectivity index (χ4v) is 2.30. The van der Waals surface area contributed by atoms with Crippen LogP contribution in [0, 0.1) is 6.92 Å². The molecule has 0 aliphatic carbocycles. The van der Waals surface area contributed by atoms with Gasteiger partial charge in [-0.15, -0.1) is 11.3 Å². The van der Waals surface area contributed by atoms with E-state index < -0.39 is 0 Å². The van der Waals surface area contributed by atoms with Gasteiger partial charge in [-0.1, -0.05) is 30.3 Å². The van der Waals surface area contributed by atoms with E-state index in [1.54, 1.807) is 11.3 Å². The van der Waals surface area contributed by atoms with Crippen molar-refractivity contribution >= 4 is 11.3 Å². The number of benzene rings is 1. The predicted molar refractivity (Wildman–Crippen MR) is 70.0 cm³/mol. The maximum Gasteiger partial charge on any atom is 0.0897 e. The lowest BCUT2D eigenvalue weighted by atomic mass is 10.1. The van der Waals surface area contributed by atoms with Crippen LogP contribution >= 0.6 is 11.3 Å². The molecule has 0 spiro atoms. The average Bonchev–Trinajstić information content (AvgIpc) is 2.77. The second kappa shape index (κ2) is 5.91. The molecule has 1 aromatic carbocycles. The number of thiazole rings is 1. The first-order valence-corrected chi connectivity index (χ1v) is 6.47. The Kier molecular flexibility index (Phi) is 4.25. The normalized spacial score (nSPS) is 12.6. The third-order valence-electron chi connectivity index (χ3n) is 2.58. The summed E-state index contributed by atoms with van der Waals surface area (Å²) in [5.41, 5.74) is 2.13. The van der Waals surface area contributed by atoms with Crippen LogP contribution in [0.2, 0.25) is 0 Å². The fourth-order valence-electron chi connectivity index (χ4n) is 1.69. The Morgan fingerprint density at radius 1 is 1.35 bits per heavy atom. The molecule has 0 aliphatic heterocycles. The molecule has 1 heterocycles. The summed E-state index contributed by atoms with van der Waals surface area (Å²) in [5.74, 6) is 0. The van der Waals surface area contributed by atoms with E-state index in [0.29, 0.717) is 6.54 Å². The van der Waals surface area contributed by atoms with Gasteiger partial charge in [0.15, 0.2) is 0 Å². The first kappa shape index (κ1) is 12.2. The molecule has 90 valence electrons. The van der Waals surface area contributed by atoms with E-state index in [9.17, 15) is 5.11 Å². The van der Waals surface area contributed by atoms with Crippen molar-refractivity contribution in [3.8, 4) is 0 Å².